The summed E-state index contributed by atoms with van der Waals surface area (Å²) >= 11 is 0. The van der Waals surface area contributed by atoms with Crippen LogP contribution in [0.1, 0.15) is 117 Å². The van der Waals surface area contributed by atoms with Gasteiger partial charge in [0.2, 0.25) is 11.8 Å². The molecule has 10 nitrogen and oxygen atoms in total. The third-order valence-corrected chi connectivity index (χ3v) is 7.69. The Morgan fingerprint density at radius 2 is 0.846 bits per heavy atom. The van der Waals surface area contributed by atoms with Crippen LogP contribution in [0, 0.1) is 0 Å². The maximum Gasteiger partial charge on any atom is 2.00 e. The minimum Gasteiger partial charge on any atom is -0.748 e. The van der Waals surface area contributed by atoms with Gasteiger partial charge < -0.3 is 18.9 Å². The SMILES string of the molecule is CCCCCCCC(=O)N(C)CCCCS(=O)(=O)[O-].CCCCCCCC(=O)N(C)CCCCS(=O)(=O)[O-].[Ca+2]. The fourth-order valence-corrected chi connectivity index (χ4v) is 4.76. The monoisotopic (exact) mass is 624 g/mol. The van der Waals surface area contributed by atoms with E-state index in [-0.39, 0.29) is 61.1 Å². The van der Waals surface area contributed by atoms with Crippen molar-refractivity contribution in [2.24, 2.45) is 0 Å². The number of carbonyl (C=O) groups is 2. The smallest absolute Gasteiger partial charge is 0.748 e. The predicted molar refractivity (Wildman–Crippen MR) is 155 cm³/mol. The van der Waals surface area contributed by atoms with Gasteiger partial charge in [-0.25, -0.2) is 16.8 Å². The van der Waals surface area contributed by atoms with Crippen molar-refractivity contribution in [2.75, 3.05) is 38.7 Å². The molecule has 0 spiro atoms. The van der Waals surface area contributed by atoms with E-state index in [1.807, 2.05) is 0 Å². The summed E-state index contributed by atoms with van der Waals surface area (Å²) in [4.78, 5) is 26.7. The van der Waals surface area contributed by atoms with Gasteiger partial charge in [0, 0.05) is 51.5 Å². The molecule has 0 heterocycles. The molecule has 0 radical (unpaired) electrons. The first-order valence-corrected chi connectivity index (χ1v) is 17.2. The molecular formula is C26H52CaN2O8S2. The van der Waals surface area contributed by atoms with E-state index >= 15 is 0 Å². The largest absolute Gasteiger partial charge is 2.00 e. The zero-order valence-corrected chi connectivity index (χ0v) is 28.7. The van der Waals surface area contributed by atoms with Crippen LogP contribution >= 0.6 is 0 Å². The average molecular weight is 625 g/mol. The first-order valence-electron chi connectivity index (χ1n) is 14.1. The van der Waals surface area contributed by atoms with Crippen LogP contribution in [0.5, 0.6) is 0 Å². The number of hydrogen-bond acceptors (Lipinski definition) is 8. The van der Waals surface area contributed by atoms with Crippen molar-refractivity contribution in [3.63, 3.8) is 0 Å². The molecule has 39 heavy (non-hydrogen) atoms. The van der Waals surface area contributed by atoms with E-state index < -0.39 is 20.2 Å². The second kappa shape index (κ2) is 26.9. The van der Waals surface area contributed by atoms with Gasteiger partial charge in [-0.05, 0) is 38.5 Å². The topological polar surface area (TPSA) is 155 Å². The maximum atomic E-state index is 11.7. The number of carbonyl (C=O) groups excluding carboxylic acids is 2. The molecule has 228 valence electrons. The molecule has 0 aliphatic heterocycles. The number of nitrogens with zero attached hydrogens (tertiary/aromatic N) is 2. The number of rotatable bonds is 22. The molecule has 0 aliphatic rings. The van der Waals surface area contributed by atoms with Crippen molar-refractivity contribution < 1.29 is 35.5 Å². The normalized spacial score (nSPS) is 11.2. The molecule has 0 saturated carbocycles. The molecule has 2 amide bonds. The van der Waals surface area contributed by atoms with Gasteiger partial charge in [0.1, 0.15) is 0 Å². The number of amides is 2. The molecule has 0 aliphatic carbocycles. The summed E-state index contributed by atoms with van der Waals surface area (Å²) in [6, 6.07) is 0. The third kappa shape index (κ3) is 34.1. The Morgan fingerprint density at radius 3 is 1.13 bits per heavy atom. The Hall–Kier alpha value is 0.0197. The zero-order chi connectivity index (χ0) is 29.5. The van der Waals surface area contributed by atoms with Crippen molar-refractivity contribution >= 4 is 69.8 Å². The van der Waals surface area contributed by atoms with Crippen LogP contribution in [-0.2, 0) is 29.8 Å². The van der Waals surface area contributed by atoms with Gasteiger partial charge in [-0.1, -0.05) is 65.2 Å². The molecule has 0 saturated heterocycles. The molecular weight excluding hydrogens is 573 g/mol. The first kappa shape index (κ1) is 43.5. The summed E-state index contributed by atoms with van der Waals surface area (Å²) in [5.74, 6) is -0.485. The maximum absolute atomic E-state index is 11.7. The minimum absolute atomic E-state index is 0. The van der Waals surface area contributed by atoms with Gasteiger partial charge in [0.15, 0.2) is 0 Å². The Bertz CT molecular complexity index is 756. The van der Waals surface area contributed by atoms with Crippen LogP contribution in [0.4, 0.5) is 0 Å². The van der Waals surface area contributed by atoms with E-state index in [4.69, 9.17) is 0 Å². The predicted octanol–water partition coefficient (Wildman–Crippen LogP) is 3.88. The Morgan fingerprint density at radius 1 is 0.538 bits per heavy atom. The minimum atomic E-state index is -4.12. The summed E-state index contributed by atoms with van der Waals surface area (Å²) in [7, 11) is -4.79. The van der Waals surface area contributed by atoms with Gasteiger partial charge in [0.05, 0.1) is 20.2 Å². The summed E-state index contributed by atoms with van der Waals surface area (Å²) < 4.78 is 62.4. The molecule has 0 fully saturated rings. The van der Waals surface area contributed by atoms with E-state index in [1.165, 1.54) is 38.5 Å². The van der Waals surface area contributed by atoms with Crippen LogP contribution in [-0.4, -0.2) is 124 Å². The molecule has 0 atom stereocenters. The van der Waals surface area contributed by atoms with Crippen molar-refractivity contribution in [2.45, 2.75) is 117 Å². The zero-order valence-electron chi connectivity index (χ0n) is 24.8. The second-order valence-corrected chi connectivity index (χ2v) is 12.9. The van der Waals surface area contributed by atoms with E-state index in [0.29, 0.717) is 51.6 Å². The summed E-state index contributed by atoms with van der Waals surface area (Å²) in [5, 5.41) is 0. The van der Waals surface area contributed by atoms with E-state index in [9.17, 15) is 35.5 Å². The van der Waals surface area contributed by atoms with E-state index in [1.54, 1.807) is 23.9 Å². The summed E-state index contributed by atoms with van der Waals surface area (Å²) in [6.45, 7) is 5.34. The van der Waals surface area contributed by atoms with Gasteiger partial charge >= 0.3 is 37.7 Å². The van der Waals surface area contributed by atoms with Gasteiger partial charge in [0.25, 0.3) is 0 Å². The molecule has 0 aromatic rings. The third-order valence-electron chi connectivity index (χ3n) is 6.12. The molecule has 0 unspecified atom stereocenters. The molecule has 0 rings (SSSR count). The van der Waals surface area contributed by atoms with Crippen molar-refractivity contribution in [1.29, 1.82) is 0 Å². The quantitative estimate of drug-likeness (QED) is 0.0998. The van der Waals surface area contributed by atoms with Crippen LogP contribution in [0.25, 0.3) is 0 Å². The van der Waals surface area contributed by atoms with Crippen LogP contribution in [0.15, 0.2) is 0 Å². The van der Waals surface area contributed by atoms with Crippen LogP contribution in [0.3, 0.4) is 0 Å². The van der Waals surface area contributed by atoms with Gasteiger partial charge in [-0.3, -0.25) is 9.59 Å². The standard InChI is InChI=1S/2C13H27NO4S.Ca/c2*1-3-4-5-6-7-10-13(15)14(2)11-8-9-12-19(16,17)18;/h2*3-12H2,1-2H3,(H,16,17,18);/q;;+2/p-2. The molecule has 0 aromatic carbocycles. The summed E-state index contributed by atoms with van der Waals surface area (Å²) in [5.41, 5.74) is 0. The molecule has 0 bridgehead atoms. The van der Waals surface area contributed by atoms with Crippen LogP contribution < -0.4 is 0 Å². The Labute approximate surface area is 268 Å². The Balaban J connectivity index is -0.000000648. The van der Waals surface area contributed by atoms with Crippen molar-refractivity contribution in [3.05, 3.63) is 0 Å². The molecule has 0 N–H and O–H groups in total. The van der Waals surface area contributed by atoms with Crippen molar-refractivity contribution in [3.8, 4) is 0 Å². The van der Waals surface area contributed by atoms with E-state index in [2.05, 4.69) is 13.8 Å². The number of hydrogen-bond donors (Lipinski definition) is 0. The van der Waals surface area contributed by atoms with Gasteiger partial charge in [-0.2, -0.15) is 0 Å². The average Bonchev–Trinajstić information content (AvgIpc) is 2.83. The Kier molecular flexibility index (Phi) is 30.0. The van der Waals surface area contributed by atoms with Gasteiger partial charge in [-0.15, -0.1) is 0 Å². The van der Waals surface area contributed by atoms with Crippen molar-refractivity contribution in [1.82, 2.24) is 9.80 Å². The number of unbranched alkanes of at least 4 members (excludes halogenated alkanes) is 10. The first-order chi connectivity index (χ1) is 17.7. The second-order valence-electron chi connectivity index (χ2n) is 9.90. The molecule has 13 heteroatoms. The fraction of sp³-hybridized carbons (Fsp3) is 0.923. The summed E-state index contributed by atoms with van der Waals surface area (Å²) in [6.07, 6.45) is 14.0. The molecule has 0 aromatic heterocycles. The van der Waals surface area contributed by atoms with Crippen LogP contribution in [0.2, 0.25) is 0 Å². The fourth-order valence-electron chi connectivity index (χ4n) is 3.65. The van der Waals surface area contributed by atoms with E-state index in [0.717, 1.165) is 25.7 Å².